The van der Waals surface area contributed by atoms with E-state index in [1.807, 2.05) is 146 Å². The molecule has 0 saturated carbocycles. The molecule has 29 aromatic rings. The first-order valence-electron chi connectivity index (χ1n) is 47.7. The Labute approximate surface area is 841 Å². The Kier molecular flexibility index (Phi) is 21.4. The maximum atomic E-state index is 5.35. The minimum Gasteiger partial charge on any atom is -0.247 e. The van der Waals surface area contributed by atoms with Crippen molar-refractivity contribution in [2.45, 2.75) is 0 Å². The van der Waals surface area contributed by atoms with Gasteiger partial charge in [0.15, 0.2) is 29.1 Å². The molecule has 0 radical (unpaired) electrons. The summed E-state index contributed by atoms with van der Waals surface area (Å²) in [5.41, 5.74) is 28.3. The molecule has 19 heteroatoms. The fraction of sp³-hybridized carbons (Fsp3) is 0. The molecular formula is C126H74N16S3. The van der Waals surface area contributed by atoms with Crippen LogP contribution in [0.25, 0.3) is 288 Å². The van der Waals surface area contributed by atoms with Crippen LogP contribution in [0.5, 0.6) is 0 Å². The van der Waals surface area contributed by atoms with Gasteiger partial charge in [0.2, 0.25) is 0 Å². The Balaban J connectivity index is 0.000000110. The van der Waals surface area contributed by atoms with Crippen molar-refractivity contribution in [3.63, 3.8) is 0 Å². The molecule has 676 valence electrons. The zero-order valence-corrected chi connectivity index (χ0v) is 79.6. The second kappa shape index (κ2) is 36.4. The van der Waals surface area contributed by atoms with E-state index in [1.165, 1.54) is 51.5 Å². The van der Waals surface area contributed by atoms with E-state index in [0.29, 0.717) is 29.1 Å². The van der Waals surface area contributed by atoms with Gasteiger partial charge in [0, 0.05) is 115 Å². The predicted molar refractivity (Wildman–Crippen MR) is 596 cm³/mol. The maximum absolute atomic E-state index is 5.35. The van der Waals surface area contributed by atoms with E-state index in [9.17, 15) is 0 Å². The molecule has 145 heavy (non-hydrogen) atoms. The molecule has 0 atom stereocenters. The molecule has 0 bridgehead atoms. The number of hydrogen-bond acceptors (Lipinski definition) is 19. The van der Waals surface area contributed by atoms with Crippen LogP contribution in [0.4, 0.5) is 0 Å². The van der Waals surface area contributed by atoms with Gasteiger partial charge in [-0.15, -0.1) is 0 Å². The third-order valence-electron chi connectivity index (χ3n) is 27.1. The average Bonchev–Trinajstić information content (AvgIpc) is 1.63. The summed E-state index contributed by atoms with van der Waals surface area (Å²) >= 11 is 3.71. The van der Waals surface area contributed by atoms with Crippen molar-refractivity contribution in [1.82, 2.24) is 76.1 Å². The van der Waals surface area contributed by atoms with Crippen LogP contribution in [0.1, 0.15) is 0 Å². The van der Waals surface area contributed by atoms with Gasteiger partial charge < -0.3 is 0 Å². The van der Waals surface area contributed by atoms with Crippen LogP contribution in [-0.2, 0) is 0 Å². The molecule has 16 nitrogen and oxygen atoms in total. The quantitative estimate of drug-likeness (QED) is 0.0984. The zero-order chi connectivity index (χ0) is 95.8. The molecule has 9 heterocycles. The largest absolute Gasteiger partial charge is 0.247 e. The van der Waals surface area contributed by atoms with Gasteiger partial charge in [-0.3, -0.25) is 0 Å². The van der Waals surface area contributed by atoms with Crippen LogP contribution >= 0.6 is 35.2 Å². The fourth-order valence-electron chi connectivity index (χ4n) is 20.1. The molecule has 0 aliphatic heterocycles. The Morgan fingerprint density at radius 3 is 0.779 bits per heavy atom. The molecule has 0 N–H and O–H groups in total. The first kappa shape index (κ1) is 85.3. The van der Waals surface area contributed by atoms with E-state index in [-0.39, 0.29) is 0 Å². The molecule has 0 spiro atoms. The molecule has 0 fully saturated rings. The van der Waals surface area contributed by atoms with Crippen molar-refractivity contribution in [3.05, 3.63) is 449 Å². The van der Waals surface area contributed by atoms with Gasteiger partial charge in [-0.05, 0) is 133 Å². The third kappa shape index (κ3) is 15.7. The summed E-state index contributed by atoms with van der Waals surface area (Å²) in [6.07, 6.45) is 0. The number of aromatic nitrogens is 16. The molecule has 0 saturated heterocycles. The van der Waals surface area contributed by atoms with Gasteiger partial charge in [0.05, 0.1) is 91.6 Å². The van der Waals surface area contributed by atoms with Crippen molar-refractivity contribution in [2.75, 3.05) is 0 Å². The SMILES string of the molecule is c1ccc(-c2cc(-c3ccc4c(c3)nc(-c3ccccc3)c3ccc5nsnc5c34)nc(-c3ccccc3)n2)cc1.c1ccc(-c2ccc(-c3nc(-c4ccccc4)cc(-c4ccc5c(c4)nc(-c4ccccc4)c4ccc6nsnc6c45)n3)cc2)cc1.c1ccc(-c2nc3cc(-c4nc(-c5cc6ccccc6c6ccccc56)nc(-c5cc6ccccc6c6ccccc56)n4)ccc3c3c2ccc2nsnc23)cc1. The number of rotatable bonds is 13. The molecule has 29 rings (SSSR count). The van der Waals surface area contributed by atoms with Gasteiger partial charge in [0.1, 0.15) is 33.1 Å². The minimum absolute atomic E-state index is 0.572. The topological polar surface area (TPSA) is 206 Å². The van der Waals surface area contributed by atoms with Crippen molar-refractivity contribution in [3.8, 4) is 147 Å². The predicted octanol–water partition coefficient (Wildman–Crippen LogP) is 32.2. The second-order valence-corrected chi connectivity index (χ2v) is 37.3. The highest BCUT2D eigenvalue weighted by molar-refractivity contribution is 7.00. The molecule has 0 aliphatic rings. The van der Waals surface area contributed by atoms with Crippen LogP contribution in [0.15, 0.2) is 449 Å². The summed E-state index contributed by atoms with van der Waals surface area (Å²) in [7, 11) is 0. The minimum atomic E-state index is 0.572. The van der Waals surface area contributed by atoms with Crippen LogP contribution in [0, 0.1) is 0 Å². The van der Waals surface area contributed by atoms with E-state index >= 15 is 0 Å². The van der Waals surface area contributed by atoms with E-state index in [4.69, 9.17) is 58.6 Å². The van der Waals surface area contributed by atoms with Crippen molar-refractivity contribution < 1.29 is 0 Å². The number of nitrogens with zero attached hydrogens (tertiary/aromatic N) is 16. The van der Waals surface area contributed by atoms with Gasteiger partial charge in [-0.2, -0.15) is 26.2 Å². The van der Waals surface area contributed by atoms with Crippen molar-refractivity contribution in [1.29, 1.82) is 0 Å². The fourth-order valence-corrected chi connectivity index (χ4v) is 21.8. The first-order chi connectivity index (χ1) is 71.8. The van der Waals surface area contributed by atoms with Crippen LogP contribution in [0.3, 0.4) is 0 Å². The average molecular weight is 1910 g/mol. The number of fused-ring (bicyclic) bond motifs is 21. The highest BCUT2D eigenvalue weighted by Gasteiger charge is 2.26. The molecule has 0 aliphatic carbocycles. The molecular weight excluding hydrogens is 1830 g/mol. The van der Waals surface area contributed by atoms with E-state index in [0.717, 1.165) is 243 Å². The standard InChI is InChI=1S/C50H28N6S.C41H25N5S.C35H21N5S/c1-2-12-29(13-3-1)46-40-24-25-43-47(56-57-55-43)45(40)39-23-22-32(28-44(39)51-46)48-52-49(41-26-30-14-4-6-16-33(30)35-18-8-10-20-37(35)41)54-50(53-48)42-27-31-15-5-7-17-34(31)36-19-9-11-21-38(36)42;1-4-10-26(11-5-1)27-16-18-30(19-17-27)41-43-35(28-12-6-2-7-13-28)25-36(44-41)31-20-21-32-37(24-31)42-39(29-14-8-3-9-15-29)33-22-23-34-40(38(32)33)46-47-45-34;1-4-10-22(11-5-1)29-21-30(38-35(37-29)24-14-8-3-9-15-24)25-16-17-26-31(20-25)36-33(23-12-6-2-7-13-23)27-18-19-28-34(32(26)27)40-41-39-28/h1-28H;1-25H;1-21H. The molecule has 0 amide bonds. The zero-order valence-electron chi connectivity index (χ0n) is 77.1. The Morgan fingerprint density at radius 2 is 0.400 bits per heavy atom. The lowest BCUT2D eigenvalue weighted by Gasteiger charge is -2.15. The number of benzene rings is 20. The summed E-state index contributed by atoms with van der Waals surface area (Å²) < 4.78 is 27.8. The van der Waals surface area contributed by atoms with Crippen molar-refractivity contribution >= 4 is 176 Å². The highest BCUT2D eigenvalue weighted by atomic mass is 32.1. The third-order valence-corrected chi connectivity index (χ3v) is 28.7. The van der Waals surface area contributed by atoms with Crippen molar-refractivity contribution in [2.24, 2.45) is 0 Å². The summed E-state index contributed by atoms with van der Waals surface area (Å²) in [6, 6.07) is 155. The van der Waals surface area contributed by atoms with Gasteiger partial charge in [0.25, 0.3) is 0 Å². The van der Waals surface area contributed by atoms with Gasteiger partial charge in [-0.1, -0.05) is 370 Å². The van der Waals surface area contributed by atoms with E-state index in [2.05, 4.69) is 321 Å². The van der Waals surface area contributed by atoms with Crippen LogP contribution in [0.2, 0.25) is 0 Å². The lowest BCUT2D eigenvalue weighted by Crippen LogP contribution is -2.01. The summed E-state index contributed by atoms with van der Waals surface area (Å²) in [6.45, 7) is 0. The summed E-state index contributed by atoms with van der Waals surface area (Å²) in [4.78, 5) is 52.0. The Hall–Kier alpha value is -18.9. The first-order valence-corrected chi connectivity index (χ1v) is 49.9. The monoisotopic (exact) mass is 1910 g/mol. The molecule has 0 unspecified atom stereocenters. The summed E-state index contributed by atoms with van der Waals surface area (Å²) in [5.74, 6) is 3.16. The lowest BCUT2D eigenvalue weighted by molar-refractivity contribution is 1.08. The van der Waals surface area contributed by atoms with Gasteiger partial charge >= 0.3 is 0 Å². The normalized spacial score (nSPS) is 11.6. The highest BCUT2D eigenvalue weighted by Crippen LogP contribution is 2.46. The lowest BCUT2D eigenvalue weighted by atomic mass is 9.96. The van der Waals surface area contributed by atoms with Crippen LogP contribution in [-0.4, -0.2) is 76.1 Å². The van der Waals surface area contributed by atoms with E-state index < -0.39 is 0 Å². The Morgan fingerprint density at radius 1 is 0.138 bits per heavy atom. The Bertz CT molecular complexity index is 9960. The molecule has 20 aromatic carbocycles. The molecule has 9 aromatic heterocycles. The number of pyridine rings is 3. The van der Waals surface area contributed by atoms with Gasteiger partial charge in [-0.25, -0.2) is 49.8 Å². The second-order valence-electron chi connectivity index (χ2n) is 35.7. The van der Waals surface area contributed by atoms with Crippen LogP contribution < -0.4 is 0 Å². The maximum Gasteiger partial charge on any atom is 0.164 e. The number of hydrogen-bond donors (Lipinski definition) is 0. The van der Waals surface area contributed by atoms with E-state index in [1.54, 1.807) is 0 Å². The summed E-state index contributed by atoms with van der Waals surface area (Å²) in [5, 5.41) is 18.6. The smallest absolute Gasteiger partial charge is 0.164 e.